The number of rotatable bonds is 6. The average molecular weight is 359 g/mol. The number of nitrogens with one attached hydrogen (secondary N) is 2. The van der Waals surface area contributed by atoms with E-state index in [1.54, 1.807) is 6.26 Å². The molecule has 1 heterocycles. The van der Waals surface area contributed by atoms with Crippen LogP contribution in [0.15, 0.2) is 27.8 Å². The number of hydrogen-bond acceptors (Lipinski definition) is 2. The molecule has 4 nitrogen and oxygen atoms in total. The smallest absolute Gasteiger partial charge is 0.391 e. The largest absolute Gasteiger partial charge is 0.469 e. The average Bonchev–Trinajstić information content (AvgIpc) is 3.07. The van der Waals surface area contributed by atoms with E-state index in [0.717, 1.165) is 18.6 Å². The van der Waals surface area contributed by atoms with Gasteiger partial charge in [-0.25, -0.2) is 0 Å². The van der Waals surface area contributed by atoms with Gasteiger partial charge in [0.2, 0.25) is 0 Å². The third-order valence-corrected chi connectivity index (χ3v) is 4.68. The molecule has 7 heteroatoms. The highest BCUT2D eigenvalue weighted by molar-refractivity contribution is 5.80. The summed E-state index contributed by atoms with van der Waals surface area (Å²) >= 11 is 0. The molecule has 1 aliphatic carbocycles. The van der Waals surface area contributed by atoms with Crippen molar-refractivity contribution >= 4 is 5.96 Å². The molecule has 0 amide bonds. The van der Waals surface area contributed by atoms with Gasteiger partial charge in [-0.15, -0.1) is 0 Å². The van der Waals surface area contributed by atoms with Crippen LogP contribution in [0.3, 0.4) is 0 Å². The van der Waals surface area contributed by atoms with Crippen LogP contribution in [0.2, 0.25) is 0 Å². The van der Waals surface area contributed by atoms with E-state index in [2.05, 4.69) is 22.5 Å². The Labute approximate surface area is 147 Å². The van der Waals surface area contributed by atoms with Gasteiger partial charge in [-0.1, -0.05) is 13.3 Å². The lowest BCUT2D eigenvalue weighted by atomic mass is 9.85. The molecule has 3 unspecified atom stereocenters. The molecule has 0 bridgehead atoms. The van der Waals surface area contributed by atoms with E-state index < -0.39 is 12.1 Å². The molecule has 1 aliphatic rings. The van der Waals surface area contributed by atoms with Crippen molar-refractivity contribution in [3.8, 4) is 0 Å². The molecule has 25 heavy (non-hydrogen) atoms. The maximum atomic E-state index is 13.0. The number of guanidine groups is 1. The fraction of sp³-hybridized carbons (Fsp3) is 0.722. The van der Waals surface area contributed by atoms with Gasteiger partial charge in [0.15, 0.2) is 5.96 Å². The standard InChI is InChI=1S/C18H28F3N3O/c1-3-13(2)23-17(22-10-9-16-8-5-11-25-16)24-15-7-4-6-14(12-15)18(19,20)21/h5,8,11,13-15H,3-4,6-7,9-10,12H2,1-2H3,(H2,22,23,24). The number of halogens is 3. The van der Waals surface area contributed by atoms with Crippen LogP contribution in [-0.4, -0.2) is 30.8 Å². The van der Waals surface area contributed by atoms with Crippen LogP contribution < -0.4 is 10.6 Å². The van der Waals surface area contributed by atoms with Gasteiger partial charge in [0.1, 0.15) is 5.76 Å². The predicted molar refractivity (Wildman–Crippen MR) is 92.5 cm³/mol. The molecule has 142 valence electrons. The molecule has 0 aliphatic heterocycles. The minimum absolute atomic E-state index is 0.114. The maximum Gasteiger partial charge on any atom is 0.391 e. The van der Waals surface area contributed by atoms with Gasteiger partial charge in [-0.3, -0.25) is 4.99 Å². The zero-order chi connectivity index (χ0) is 18.3. The Balaban J connectivity index is 1.94. The topological polar surface area (TPSA) is 49.6 Å². The van der Waals surface area contributed by atoms with Crippen molar-refractivity contribution in [2.24, 2.45) is 10.9 Å². The molecule has 0 saturated heterocycles. The second kappa shape index (κ2) is 9.15. The van der Waals surface area contributed by atoms with E-state index in [4.69, 9.17) is 4.42 Å². The van der Waals surface area contributed by atoms with Crippen LogP contribution in [0.1, 0.15) is 51.7 Å². The van der Waals surface area contributed by atoms with Gasteiger partial charge in [-0.05, 0) is 44.7 Å². The first-order chi connectivity index (χ1) is 11.9. The van der Waals surface area contributed by atoms with Crippen LogP contribution >= 0.6 is 0 Å². The molecule has 3 atom stereocenters. The molecule has 2 rings (SSSR count). The van der Waals surface area contributed by atoms with E-state index in [1.807, 2.05) is 19.1 Å². The summed E-state index contributed by atoms with van der Waals surface area (Å²) in [5, 5.41) is 6.49. The summed E-state index contributed by atoms with van der Waals surface area (Å²) in [6, 6.07) is 3.73. The first-order valence-electron chi connectivity index (χ1n) is 9.05. The molecule has 0 spiro atoms. The molecule has 1 aromatic rings. The molecular weight excluding hydrogens is 331 g/mol. The quantitative estimate of drug-likeness (QED) is 0.589. The van der Waals surface area contributed by atoms with Crippen LogP contribution in [-0.2, 0) is 6.42 Å². The first-order valence-corrected chi connectivity index (χ1v) is 9.05. The van der Waals surface area contributed by atoms with Gasteiger partial charge in [0, 0.05) is 25.0 Å². The second-order valence-corrected chi connectivity index (χ2v) is 6.76. The summed E-state index contributed by atoms with van der Waals surface area (Å²) in [5.41, 5.74) is 0. The summed E-state index contributed by atoms with van der Waals surface area (Å²) in [7, 11) is 0. The number of alkyl halides is 3. The normalized spacial score (nSPS) is 23.3. The molecule has 1 saturated carbocycles. The Morgan fingerprint density at radius 3 is 2.84 bits per heavy atom. The summed E-state index contributed by atoms with van der Waals surface area (Å²) in [4.78, 5) is 4.52. The van der Waals surface area contributed by atoms with Crippen molar-refractivity contribution in [3.63, 3.8) is 0 Å². The lowest BCUT2D eigenvalue weighted by Gasteiger charge is -2.32. The van der Waals surface area contributed by atoms with Crippen molar-refractivity contribution in [1.29, 1.82) is 0 Å². The van der Waals surface area contributed by atoms with E-state index in [9.17, 15) is 13.2 Å². The highest BCUT2D eigenvalue weighted by Crippen LogP contribution is 2.37. The van der Waals surface area contributed by atoms with Crippen molar-refractivity contribution < 1.29 is 17.6 Å². The zero-order valence-corrected chi connectivity index (χ0v) is 14.9. The summed E-state index contributed by atoms with van der Waals surface area (Å²) in [6.45, 7) is 4.61. The Morgan fingerprint density at radius 1 is 1.40 bits per heavy atom. The second-order valence-electron chi connectivity index (χ2n) is 6.76. The minimum atomic E-state index is -4.11. The summed E-state index contributed by atoms with van der Waals surface area (Å²) in [5.74, 6) is 0.224. The van der Waals surface area contributed by atoms with E-state index in [0.29, 0.717) is 25.3 Å². The van der Waals surface area contributed by atoms with Crippen LogP contribution in [0.5, 0.6) is 0 Å². The minimum Gasteiger partial charge on any atom is -0.469 e. The van der Waals surface area contributed by atoms with Crippen LogP contribution in [0, 0.1) is 5.92 Å². The Hall–Kier alpha value is -1.66. The molecule has 2 N–H and O–H groups in total. The monoisotopic (exact) mass is 359 g/mol. The molecule has 0 radical (unpaired) electrons. The van der Waals surface area contributed by atoms with Gasteiger partial charge in [-0.2, -0.15) is 13.2 Å². The molecule has 1 fully saturated rings. The third kappa shape index (κ3) is 6.63. The predicted octanol–water partition coefficient (Wildman–Crippen LogP) is 4.28. The Morgan fingerprint density at radius 2 is 2.20 bits per heavy atom. The van der Waals surface area contributed by atoms with E-state index >= 15 is 0 Å². The number of aliphatic imine (C=N–C) groups is 1. The van der Waals surface area contributed by atoms with Crippen LogP contribution in [0.4, 0.5) is 13.2 Å². The SMILES string of the molecule is CCC(C)NC(=NCCc1ccco1)NC1CCCC(C(F)(F)F)C1. The van der Waals surface area contributed by atoms with Crippen molar-refractivity contribution in [1.82, 2.24) is 10.6 Å². The number of furan rings is 1. The van der Waals surface area contributed by atoms with Gasteiger partial charge < -0.3 is 15.1 Å². The zero-order valence-electron chi connectivity index (χ0n) is 14.9. The Kier molecular flexibility index (Phi) is 7.20. The Bertz CT molecular complexity index is 528. The van der Waals surface area contributed by atoms with Gasteiger partial charge >= 0.3 is 6.18 Å². The maximum absolute atomic E-state index is 13.0. The van der Waals surface area contributed by atoms with Crippen molar-refractivity contribution in [3.05, 3.63) is 24.2 Å². The van der Waals surface area contributed by atoms with E-state index in [-0.39, 0.29) is 24.9 Å². The van der Waals surface area contributed by atoms with E-state index in [1.165, 1.54) is 0 Å². The van der Waals surface area contributed by atoms with Gasteiger partial charge in [0.25, 0.3) is 0 Å². The number of nitrogens with zero attached hydrogens (tertiary/aromatic N) is 1. The lowest BCUT2D eigenvalue weighted by molar-refractivity contribution is -0.183. The fourth-order valence-electron chi connectivity index (χ4n) is 3.01. The van der Waals surface area contributed by atoms with Gasteiger partial charge in [0.05, 0.1) is 12.2 Å². The highest BCUT2D eigenvalue weighted by atomic mass is 19.4. The summed E-state index contributed by atoms with van der Waals surface area (Å²) in [6.07, 6.45) is 0.756. The lowest BCUT2D eigenvalue weighted by Crippen LogP contribution is -2.49. The molecule has 1 aromatic heterocycles. The first kappa shape index (κ1) is 19.7. The number of hydrogen-bond donors (Lipinski definition) is 2. The van der Waals surface area contributed by atoms with Crippen molar-refractivity contribution in [2.45, 2.75) is 70.6 Å². The summed E-state index contributed by atoms with van der Waals surface area (Å²) < 4.78 is 44.3. The molecular formula is C18H28F3N3O. The molecule has 0 aromatic carbocycles. The fourth-order valence-corrected chi connectivity index (χ4v) is 3.01. The third-order valence-electron chi connectivity index (χ3n) is 4.68. The van der Waals surface area contributed by atoms with Crippen molar-refractivity contribution in [2.75, 3.05) is 6.54 Å². The highest BCUT2D eigenvalue weighted by Gasteiger charge is 2.42. The van der Waals surface area contributed by atoms with Crippen LogP contribution in [0.25, 0.3) is 0 Å².